The van der Waals surface area contributed by atoms with Gasteiger partial charge in [-0.05, 0) is 73.0 Å². The van der Waals surface area contributed by atoms with Crippen LogP contribution in [0.4, 0.5) is 17.1 Å². The normalized spacial score (nSPS) is 13.4. The molecule has 0 saturated heterocycles. The van der Waals surface area contributed by atoms with Crippen LogP contribution in [-0.4, -0.2) is 62.8 Å². The van der Waals surface area contributed by atoms with Crippen molar-refractivity contribution in [1.29, 1.82) is 0 Å². The van der Waals surface area contributed by atoms with Crippen molar-refractivity contribution in [2.75, 3.05) is 48.1 Å². The number of hydrogen-bond acceptors (Lipinski definition) is 10. The van der Waals surface area contributed by atoms with Crippen LogP contribution in [0.2, 0.25) is 0 Å². The molecule has 0 aliphatic carbocycles. The van der Waals surface area contributed by atoms with Gasteiger partial charge in [-0.3, -0.25) is 18.7 Å². The fourth-order valence-corrected chi connectivity index (χ4v) is 8.05. The lowest BCUT2D eigenvalue weighted by atomic mass is 10.1. The lowest BCUT2D eigenvalue weighted by molar-refractivity contribution is 0.0938. The summed E-state index contributed by atoms with van der Waals surface area (Å²) in [4.78, 5) is 25.1. The first-order valence-corrected chi connectivity index (χ1v) is 19.4. The van der Waals surface area contributed by atoms with E-state index in [4.69, 9.17) is 16.0 Å². The molecular formula is C33H39N6O7PS2. The summed E-state index contributed by atoms with van der Waals surface area (Å²) < 4.78 is 52.0. The van der Waals surface area contributed by atoms with Crippen LogP contribution < -0.4 is 32.5 Å². The molecule has 4 rings (SSSR count). The molecule has 2 atom stereocenters. The van der Waals surface area contributed by atoms with Crippen LogP contribution in [0.1, 0.15) is 27.6 Å². The molecule has 260 valence electrons. The number of carbonyl (C=O) groups is 2. The number of rotatable bonds is 17. The summed E-state index contributed by atoms with van der Waals surface area (Å²) in [6, 6.07) is 22.4. The van der Waals surface area contributed by atoms with Gasteiger partial charge in [-0.1, -0.05) is 24.3 Å². The number of carbonyl (C=O) groups excluding carboxylic acids is 2. The Labute approximate surface area is 289 Å². The number of fused-ring (bicyclic) bond motifs is 1. The van der Waals surface area contributed by atoms with Crippen molar-refractivity contribution >= 4 is 69.0 Å². The highest BCUT2D eigenvalue weighted by atomic mass is 32.2. The lowest BCUT2D eigenvalue weighted by Crippen LogP contribution is -2.41. The van der Waals surface area contributed by atoms with E-state index in [0.717, 1.165) is 0 Å². The van der Waals surface area contributed by atoms with Gasteiger partial charge in [-0.15, -0.1) is 11.8 Å². The molecule has 16 heteroatoms. The molecule has 13 nitrogen and oxygen atoms in total. The largest absolute Gasteiger partial charge is 0.399 e. The molecule has 2 unspecified atom stereocenters. The number of thioether (sulfide) groups is 1. The second-order valence-corrected chi connectivity index (χ2v) is 15.0. The van der Waals surface area contributed by atoms with Gasteiger partial charge >= 0.3 is 7.52 Å². The van der Waals surface area contributed by atoms with E-state index in [-0.39, 0.29) is 42.4 Å². The predicted octanol–water partition coefficient (Wildman–Crippen LogP) is 5.11. The van der Waals surface area contributed by atoms with Crippen LogP contribution in [-0.2, 0) is 19.2 Å². The summed E-state index contributed by atoms with van der Waals surface area (Å²) in [5, 5.41) is 14.4. The molecule has 0 aromatic heterocycles. The van der Waals surface area contributed by atoms with Gasteiger partial charge in [-0.25, -0.2) is 0 Å². The maximum atomic E-state index is 13.5. The van der Waals surface area contributed by atoms with E-state index in [0.29, 0.717) is 51.3 Å². The van der Waals surface area contributed by atoms with E-state index >= 15 is 0 Å². The number of amides is 2. The molecule has 0 fully saturated rings. The summed E-state index contributed by atoms with van der Waals surface area (Å²) in [7, 11) is -7.83. The fraction of sp³-hybridized carbons (Fsp3) is 0.212. The van der Waals surface area contributed by atoms with Crippen molar-refractivity contribution in [3.63, 3.8) is 0 Å². The van der Waals surface area contributed by atoms with Crippen LogP contribution in [0, 0.1) is 0 Å². The maximum absolute atomic E-state index is 13.5. The van der Waals surface area contributed by atoms with Crippen molar-refractivity contribution in [2.24, 2.45) is 5.73 Å². The number of nitrogens with one attached hydrogen (secondary N) is 4. The van der Waals surface area contributed by atoms with Gasteiger partial charge in [0.2, 0.25) is 0 Å². The quantitative estimate of drug-likeness (QED) is 0.0327. The van der Waals surface area contributed by atoms with Gasteiger partial charge in [0.15, 0.2) is 0 Å². The lowest BCUT2D eigenvalue weighted by Gasteiger charge is -2.18. The molecular weight excluding hydrogens is 688 g/mol. The van der Waals surface area contributed by atoms with Crippen LogP contribution >= 0.6 is 19.3 Å². The molecule has 0 radical (unpaired) electrons. The third-order valence-electron chi connectivity index (χ3n) is 7.08. The zero-order valence-corrected chi connectivity index (χ0v) is 29.2. The molecule has 0 bridgehead atoms. The average Bonchev–Trinajstić information content (AvgIpc) is 3.08. The van der Waals surface area contributed by atoms with E-state index in [1.54, 1.807) is 91.2 Å². The Bertz CT molecular complexity index is 1940. The van der Waals surface area contributed by atoms with Crippen molar-refractivity contribution in [1.82, 2.24) is 10.6 Å². The average molecular weight is 727 g/mol. The first kappa shape index (κ1) is 37.4. The molecule has 4 aromatic carbocycles. The van der Waals surface area contributed by atoms with Gasteiger partial charge < -0.3 is 37.0 Å². The Kier molecular flexibility index (Phi) is 13.2. The highest BCUT2D eigenvalue weighted by molar-refractivity contribution is 8.02. The molecule has 4 aromatic rings. The monoisotopic (exact) mass is 726 g/mol. The number of nitrogens with two attached hydrogens (primary N) is 2. The Hall–Kier alpha value is -4.37. The topological polar surface area (TPSA) is 215 Å². The van der Waals surface area contributed by atoms with E-state index in [9.17, 15) is 27.1 Å². The fourth-order valence-electron chi connectivity index (χ4n) is 4.68. The smallest absolute Gasteiger partial charge is 0.317 e. The van der Waals surface area contributed by atoms with Crippen molar-refractivity contribution in [2.45, 2.75) is 17.9 Å². The molecule has 0 aliphatic heterocycles. The standard InChI is InChI=1S/C33H39N6O7PS2/c1-2-46-47(42,19-20-48-22-27(21-34)38-33(41)24-9-13-25(35)14-10-24)39-26-15-11-23(12-16-26)32(40)37-18-17-36-30-7-3-6-29-28(30)5-4-8-31(29)49(43,44)45/h3-16,19-20,27,36H,2,17-18,21-22,34-35H2,1H3,(H,37,40)(H,38,41)(H,39,42)(H,43,44,45)/b20-19-. The molecule has 0 spiro atoms. The predicted molar refractivity (Wildman–Crippen MR) is 197 cm³/mol. The minimum absolute atomic E-state index is 0.179. The summed E-state index contributed by atoms with van der Waals surface area (Å²) in [6.45, 7) is 2.75. The van der Waals surface area contributed by atoms with Gasteiger partial charge in [0.1, 0.15) is 4.90 Å². The van der Waals surface area contributed by atoms with E-state index in [1.807, 2.05) is 0 Å². The van der Waals surface area contributed by atoms with E-state index in [1.165, 1.54) is 23.6 Å². The third-order valence-corrected chi connectivity index (χ3v) is 10.9. The molecule has 0 heterocycles. The third kappa shape index (κ3) is 10.8. The first-order valence-electron chi connectivity index (χ1n) is 15.2. The first-order chi connectivity index (χ1) is 23.4. The molecule has 49 heavy (non-hydrogen) atoms. The minimum Gasteiger partial charge on any atom is -0.399 e. The summed E-state index contributed by atoms with van der Waals surface area (Å²) in [6.07, 6.45) is 0. The summed E-state index contributed by atoms with van der Waals surface area (Å²) in [5.41, 5.74) is 14.1. The van der Waals surface area contributed by atoms with Gasteiger partial charge in [0, 0.05) is 70.2 Å². The van der Waals surface area contributed by atoms with Crippen molar-refractivity contribution < 1.29 is 31.6 Å². The highest BCUT2D eigenvalue weighted by Crippen LogP contribution is 2.48. The van der Waals surface area contributed by atoms with Gasteiger partial charge in [0.05, 0.1) is 12.6 Å². The minimum atomic E-state index is -4.38. The van der Waals surface area contributed by atoms with Gasteiger partial charge in [-0.2, -0.15) is 8.42 Å². The number of nitrogen functional groups attached to an aromatic ring is 1. The second kappa shape index (κ2) is 17.3. The van der Waals surface area contributed by atoms with Crippen LogP contribution in [0.25, 0.3) is 10.8 Å². The number of benzene rings is 4. The summed E-state index contributed by atoms with van der Waals surface area (Å²) in [5.74, 6) is 1.30. The Morgan fingerprint density at radius 1 is 0.939 bits per heavy atom. The van der Waals surface area contributed by atoms with Crippen molar-refractivity contribution in [3.05, 3.63) is 107 Å². The van der Waals surface area contributed by atoms with Crippen LogP contribution in [0.3, 0.4) is 0 Å². The number of hydrogen-bond donors (Lipinski definition) is 7. The van der Waals surface area contributed by atoms with E-state index < -0.39 is 17.6 Å². The Morgan fingerprint density at radius 2 is 1.59 bits per heavy atom. The molecule has 9 N–H and O–H groups in total. The van der Waals surface area contributed by atoms with Gasteiger partial charge in [0.25, 0.3) is 21.9 Å². The van der Waals surface area contributed by atoms with Crippen LogP contribution in [0.5, 0.6) is 0 Å². The summed E-state index contributed by atoms with van der Waals surface area (Å²) >= 11 is 1.33. The molecule has 0 aliphatic rings. The zero-order chi connectivity index (χ0) is 35.4. The zero-order valence-electron chi connectivity index (χ0n) is 26.7. The second-order valence-electron chi connectivity index (χ2n) is 10.7. The highest BCUT2D eigenvalue weighted by Gasteiger charge is 2.20. The molecule has 2 amide bonds. The van der Waals surface area contributed by atoms with Crippen molar-refractivity contribution in [3.8, 4) is 0 Å². The molecule has 0 saturated carbocycles. The van der Waals surface area contributed by atoms with Crippen LogP contribution in [0.15, 0.2) is 101 Å². The number of anilines is 3. The Morgan fingerprint density at radius 3 is 2.27 bits per heavy atom. The SMILES string of the molecule is CCOP(=O)(/C=C\SCC(CN)NC(=O)c1ccc(N)cc1)Nc1ccc(C(=O)NCCNc2cccc3c(S(=O)(=O)O)cccc23)cc1. The maximum Gasteiger partial charge on any atom is 0.317 e. The Balaban J connectivity index is 1.27. The van der Waals surface area contributed by atoms with E-state index in [2.05, 4.69) is 21.0 Å².